The first-order valence-corrected chi connectivity index (χ1v) is 4.76. The van der Waals surface area contributed by atoms with E-state index in [0.717, 1.165) is 0 Å². The number of aromatic carboxylic acids is 1. The third kappa shape index (κ3) is 3.73. The molecule has 0 saturated carbocycles. The van der Waals surface area contributed by atoms with Crippen molar-refractivity contribution in [2.24, 2.45) is 5.73 Å². The Bertz CT molecular complexity index is 526. The van der Waals surface area contributed by atoms with E-state index < -0.39 is 47.8 Å². The van der Waals surface area contributed by atoms with Gasteiger partial charge in [-0.05, 0) is 0 Å². The van der Waals surface area contributed by atoms with Gasteiger partial charge in [-0.15, -0.1) is 13.2 Å². The molecule has 0 radical (unpaired) electrons. The maximum absolute atomic E-state index is 12.5. The highest BCUT2D eigenvalue weighted by molar-refractivity contribution is 5.88. The Labute approximate surface area is 107 Å². The van der Waals surface area contributed by atoms with E-state index in [1.807, 2.05) is 0 Å². The predicted octanol–water partition coefficient (Wildman–Crippen LogP) is 2.16. The van der Waals surface area contributed by atoms with Crippen molar-refractivity contribution in [3.05, 3.63) is 23.0 Å². The number of hydrogen-bond acceptors (Lipinski definition) is 4. The van der Waals surface area contributed by atoms with Gasteiger partial charge in [0.1, 0.15) is 11.4 Å². The van der Waals surface area contributed by atoms with Crippen LogP contribution in [-0.2, 0) is 12.7 Å². The average molecular weight is 304 g/mol. The molecule has 0 aliphatic rings. The van der Waals surface area contributed by atoms with Gasteiger partial charge in [-0.1, -0.05) is 0 Å². The molecule has 0 saturated heterocycles. The van der Waals surface area contributed by atoms with Crippen molar-refractivity contribution in [2.75, 3.05) is 0 Å². The minimum atomic E-state index is -5.30. The number of carboxylic acid groups (broad SMARTS) is 1. The molecule has 0 spiro atoms. The Morgan fingerprint density at radius 3 is 2.20 bits per heavy atom. The van der Waals surface area contributed by atoms with Crippen molar-refractivity contribution in [3.63, 3.8) is 0 Å². The first-order chi connectivity index (χ1) is 8.95. The summed E-state index contributed by atoms with van der Waals surface area (Å²) >= 11 is 0. The van der Waals surface area contributed by atoms with Gasteiger partial charge >= 0.3 is 18.5 Å². The zero-order valence-electron chi connectivity index (χ0n) is 9.34. The molecule has 0 amide bonds. The summed E-state index contributed by atoms with van der Waals surface area (Å²) in [6.07, 6.45) is -10.4. The van der Waals surface area contributed by atoms with Gasteiger partial charge in [-0.25, -0.2) is 9.78 Å². The third-order valence-electron chi connectivity index (χ3n) is 2.01. The molecule has 5 nitrogen and oxygen atoms in total. The van der Waals surface area contributed by atoms with Gasteiger partial charge < -0.3 is 15.6 Å². The van der Waals surface area contributed by atoms with E-state index in [4.69, 9.17) is 10.8 Å². The van der Waals surface area contributed by atoms with E-state index in [1.165, 1.54) is 0 Å². The predicted molar refractivity (Wildman–Crippen MR) is 50.8 cm³/mol. The van der Waals surface area contributed by atoms with Gasteiger partial charge in [0.15, 0.2) is 5.69 Å². The van der Waals surface area contributed by atoms with Gasteiger partial charge in [0.2, 0.25) is 0 Å². The summed E-state index contributed by atoms with van der Waals surface area (Å²) in [5, 5.41) is 8.69. The van der Waals surface area contributed by atoms with Crippen molar-refractivity contribution in [1.29, 1.82) is 0 Å². The zero-order chi connectivity index (χ0) is 15.7. The molecule has 0 atom stereocenters. The number of carbonyl (C=O) groups is 1. The smallest absolute Gasteiger partial charge is 0.476 e. The van der Waals surface area contributed by atoms with Crippen LogP contribution in [0.1, 0.15) is 21.7 Å². The normalized spacial score (nSPS) is 12.3. The fraction of sp³-hybridized carbons (Fsp3) is 0.333. The number of rotatable bonds is 3. The Hall–Kier alpha value is -2.04. The van der Waals surface area contributed by atoms with Crippen molar-refractivity contribution in [3.8, 4) is 5.75 Å². The van der Waals surface area contributed by atoms with Crippen LogP contribution in [0.25, 0.3) is 0 Å². The van der Waals surface area contributed by atoms with E-state index in [9.17, 15) is 31.1 Å². The molecular formula is C9H6F6N2O3. The standard InChI is InChI=1S/C9H6F6N2O3/c10-8(11,12)5-1-4(20-9(13,14)15)3(2-16)6(17-5)7(18)19/h1H,2,16H2,(H,18,19). The van der Waals surface area contributed by atoms with Crippen molar-refractivity contribution >= 4 is 5.97 Å². The Morgan fingerprint density at radius 1 is 1.30 bits per heavy atom. The number of nitrogens with zero attached hydrogens (tertiary/aromatic N) is 1. The molecule has 1 aromatic rings. The number of aromatic nitrogens is 1. The molecule has 112 valence electrons. The summed E-state index contributed by atoms with van der Waals surface area (Å²) in [6.45, 7) is -0.793. The van der Waals surface area contributed by atoms with Gasteiger partial charge in [-0.2, -0.15) is 13.2 Å². The van der Waals surface area contributed by atoms with Crippen LogP contribution >= 0.6 is 0 Å². The Kier molecular flexibility index (Phi) is 4.12. The molecule has 1 rings (SSSR count). The highest BCUT2D eigenvalue weighted by atomic mass is 19.4. The highest BCUT2D eigenvalue weighted by Crippen LogP contribution is 2.35. The molecule has 0 aliphatic heterocycles. The lowest BCUT2D eigenvalue weighted by Crippen LogP contribution is -2.22. The molecule has 0 aliphatic carbocycles. The van der Waals surface area contributed by atoms with Crippen LogP contribution in [0.2, 0.25) is 0 Å². The van der Waals surface area contributed by atoms with E-state index >= 15 is 0 Å². The van der Waals surface area contributed by atoms with Crippen molar-refractivity contribution in [2.45, 2.75) is 19.1 Å². The molecular weight excluding hydrogens is 298 g/mol. The quantitative estimate of drug-likeness (QED) is 0.836. The second kappa shape index (κ2) is 5.15. The van der Waals surface area contributed by atoms with Crippen LogP contribution in [0, 0.1) is 0 Å². The van der Waals surface area contributed by atoms with Crippen LogP contribution in [0.3, 0.4) is 0 Å². The van der Waals surface area contributed by atoms with Crippen LogP contribution < -0.4 is 10.5 Å². The largest absolute Gasteiger partial charge is 0.573 e. The molecule has 20 heavy (non-hydrogen) atoms. The van der Waals surface area contributed by atoms with Crippen molar-refractivity contribution in [1.82, 2.24) is 4.98 Å². The number of carboxylic acids is 1. The van der Waals surface area contributed by atoms with E-state index in [-0.39, 0.29) is 6.07 Å². The summed E-state index contributed by atoms with van der Waals surface area (Å²) in [5.41, 5.74) is 1.17. The van der Waals surface area contributed by atoms with E-state index in [0.29, 0.717) is 0 Å². The van der Waals surface area contributed by atoms with Gasteiger partial charge in [0.25, 0.3) is 0 Å². The maximum Gasteiger partial charge on any atom is 0.573 e. The van der Waals surface area contributed by atoms with E-state index in [2.05, 4.69) is 9.72 Å². The molecule has 0 unspecified atom stereocenters. The van der Waals surface area contributed by atoms with Gasteiger partial charge in [0, 0.05) is 18.2 Å². The molecule has 0 fully saturated rings. The lowest BCUT2D eigenvalue weighted by atomic mass is 10.1. The Balaban J connectivity index is 3.54. The van der Waals surface area contributed by atoms with Crippen LogP contribution in [-0.4, -0.2) is 22.4 Å². The number of ether oxygens (including phenoxy) is 1. The highest BCUT2D eigenvalue weighted by Gasteiger charge is 2.38. The summed E-state index contributed by atoms with van der Waals surface area (Å²) in [6, 6.07) is -0.0534. The number of pyridine rings is 1. The van der Waals surface area contributed by atoms with Crippen LogP contribution in [0.4, 0.5) is 26.3 Å². The fourth-order valence-corrected chi connectivity index (χ4v) is 1.28. The lowest BCUT2D eigenvalue weighted by molar-refractivity contribution is -0.275. The third-order valence-corrected chi connectivity index (χ3v) is 2.01. The number of hydrogen-bond donors (Lipinski definition) is 2. The van der Waals surface area contributed by atoms with Crippen LogP contribution in [0.5, 0.6) is 5.75 Å². The first-order valence-electron chi connectivity index (χ1n) is 4.76. The summed E-state index contributed by atoms with van der Waals surface area (Å²) in [7, 11) is 0. The molecule has 11 heteroatoms. The monoisotopic (exact) mass is 304 g/mol. The molecule has 3 N–H and O–H groups in total. The zero-order valence-corrected chi connectivity index (χ0v) is 9.34. The number of nitrogens with two attached hydrogens (primary N) is 1. The van der Waals surface area contributed by atoms with Crippen molar-refractivity contribution < 1.29 is 41.0 Å². The second-order valence-electron chi connectivity index (χ2n) is 3.39. The lowest BCUT2D eigenvalue weighted by Gasteiger charge is -2.16. The fourth-order valence-electron chi connectivity index (χ4n) is 1.28. The summed E-state index contributed by atoms with van der Waals surface area (Å²) in [4.78, 5) is 13.5. The molecule has 0 aromatic carbocycles. The number of halogens is 6. The summed E-state index contributed by atoms with van der Waals surface area (Å²) < 4.78 is 77.1. The molecule has 1 aromatic heterocycles. The minimum Gasteiger partial charge on any atom is -0.476 e. The topological polar surface area (TPSA) is 85.4 Å². The average Bonchev–Trinajstić information content (AvgIpc) is 2.24. The van der Waals surface area contributed by atoms with Gasteiger partial charge in [-0.3, -0.25) is 0 Å². The molecule has 0 bridgehead atoms. The maximum atomic E-state index is 12.5. The molecule has 1 heterocycles. The summed E-state index contributed by atoms with van der Waals surface area (Å²) in [5.74, 6) is -3.30. The minimum absolute atomic E-state index is 0.0534. The first kappa shape index (κ1) is 16.0. The number of alkyl halides is 6. The SMILES string of the molecule is NCc1c(OC(F)(F)F)cc(C(F)(F)F)nc1C(=O)O. The van der Waals surface area contributed by atoms with E-state index in [1.54, 1.807) is 0 Å². The Morgan fingerprint density at radius 2 is 1.85 bits per heavy atom. The van der Waals surface area contributed by atoms with Crippen LogP contribution in [0.15, 0.2) is 6.07 Å². The second-order valence-corrected chi connectivity index (χ2v) is 3.39. The van der Waals surface area contributed by atoms with Gasteiger partial charge in [0.05, 0.1) is 0 Å².